The molecular weight excluding hydrogens is 474 g/mol. The van der Waals surface area contributed by atoms with E-state index >= 15 is 0 Å². The van der Waals surface area contributed by atoms with Gasteiger partial charge < -0.3 is 19.7 Å². The second-order valence-electron chi connectivity index (χ2n) is 13.0. The Hall–Kier alpha value is -2.99. The van der Waals surface area contributed by atoms with Crippen molar-refractivity contribution in [3.05, 3.63) is 59.3 Å². The molecule has 1 aromatic heterocycles. The molecule has 5 heterocycles. The minimum absolute atomic E-state index is 0.0525. The summed E-state index contributed by atoms with van der Waals surface area (Å²) in [4.78, 5) is 22.5. The zero-order chi connectivity index (χ0) is 25.2. The number of hydrogen-bond donors (Lipinski definition) is 2. The maximum atomic E-state index is 14.1. The third kappa shape index (κ3) is 2.60. The van der Waals surface area contributed by atoms with E-state index in [0.29, 0.717) is 12.5 Å². The molecule has 4 bridgehead atoms. The molecule has 6 heteroatoms. The highest BCUT2D eigenvalue weighted by atomic mass is 16.5. The lowest BCUT2D eigenvalue weighted by atomic mass is 9.42. The lowest BCUT2D eigenvalue weighted by molar-refractivity contribution is -0.143. The van der Waals surface area contributed by atoms with Gasteiger partial charge in [0.2, 0.25) is 5.91 Å². The Morgan fingerprint density at radius 3 is 2.87 bits per heavy atom. The smallest absolute Gasteiger partial charge is 0.227 e. The number of phenolic OH excluding ortho intramolecular Hbond substituents is 1. The Labute approximate surface area is 223 Å². The van der Waals surface area contributed by atoms with E-state index in [0.717, 1.165) is 73.3 Å². The van der Waals surface area contributed by atoms with Crippen LogP contribution >= 0.6 is 0 Å². The third-order valence-electron chi connectivity index (χ3n) is 11.5. The van der Waals surface area contributed by atoms with E-state index < -0.39 is 0 Å². The van der Waals surface area contributed by atoms with Crippen molar-refractivity contribution in [1.82, 2.24) is 14.8 Å². The lowest BCUT2D eigenvalue weighted by Crippen LogP contribution is -2.72. The highest BCUT2D eigenvalue weighted by molar-refractivity contribution is 5.89. The number of rotatable bonds is 4. The molecule has 0 unspecified atom stereocenters. The Balaban J connectivity index is 1.14. The zero-order valence-electron chi connectivity index (χ0n) is 21.8. The van der Waals surface area contributed by atoms with Crippen LogP contribution in [0.1, 0.15) is 55.2 Å². The monoisotopic (exact) mass is 509 g/mol. The van der Waals surface area contributed by atoms with Crippen LogP contribution in [0.4, 0.5) is 0 Å². The SMILES string of the molecule is O=C(Cc1c[nH]c2ccccc12)N1CC[C@@]23CC[C@@H]1[C@@H]1Oc4c(O)ccc5c4[C@@]12CCN(CC1CC1)[C@@H]3C5. The van der Waals surface area contributed by atoms with Gasteiger partial charge in [-0.2, -0.15) is 0 Å². The Morgan fingerprint density at radius 2 is 1.97 bits per heavy atom. The van der Waals surface area contributed by atoms with Crippen molar-refractivity contribution in [2.75, 3.05) is 19.6 Å². The minimum Gasteiger partial charge on any atom is -0.504 e. The van der Waals surface area contributed by atoms with E-state index in [2.05, 4.69) is 33.0 Å². The molecule has 10 rings (SSSR count). The molecule has 1 amide bonds. The fourth-order valence-corrected chi connectivity index (χ4v) is 9.84. The van der Waals surface area contributed by atoms with Gasteiger partial charge in [-0.25, -0.2) is 0 Å². The van der Waals surface area contributed by atoms with Crippen LogP contribution in [-0.2, 0) is 23.1 Å². The number of H-pyrrole nitrogens is 1. The predicted molar refractivity (Wildman–Crippen MR) is 144 cm³/mol. The number of para-hydroxylation sites is 1. The zero-order valence-corrected chi connectivity index (χ0v) is 21.8. The van der Waals surface area contributed by atoms with Gasteiger partial charge in [0.1, 0.15) is 6.10 Å². The first-order valence-electron chi connectivity index (χ1n) is 14.7. The molecule has 7 aliphatic rings. The Kier molecular flexibility index (Phi) is 4.23. The molecule has 4 aliphatic heterocycles. The Morgan fingerprint density at radius 1 is 1.08 bits per heavy atom. The van der Waals surface area contributed by atoms with Gasteiger partial charge in [-0.15, -0.1) is 0 Å². The van der Waals surface area contributed by atoms with Gasteiger partial charge in [0.25, 0.3) is 0 Å². The summed E-state index contributed by atoms with van der Waals surface area (Å²) in [5.41, 5.74) is 4.84. The van der Waals surface area contributed by atoms with Crippen molar-refractivity contribution in [1.29, 1.82) is 0 Å². The molecule has 2 saturated carbocycles. The number of likely N-dealkylation sites (tertiary alicyclic amines) is 1. The van der Waals surface area contributed by atoms with E-state index in [1.165, 1.54) is 30.5 Å². The average Bonchev–Trinajstić information content (AvgIpc) is 3.62. The molecule has 196 valence electrons. The summed E-state index contributed by atoms with van der Waals surface area (Å²) in [7, 11) is 0. The molecule has 3 aliphatic carbocycles. The third-order valence-corrected chi connectivity index (χ3v) is 11.5. The quantitative estimate of drug-likeness (QED) is 0.542. The molecule has 38 heavy (non-hydrogen) atoms. The van der Waals surface area contributed by atoms with Gasteiger partial charge in [0.15, 0.2) is 11.5 Å². The number of aromatic hydroxyl groups is 1. The summed E-state index contributed by atoms with van der Waals surface area (Å²) in [6, 6.07) is 12.8. The molecule has 2 spiro atoms. The molecule has 3 aromatic rings. The molecule has 5 fully saturated rings. The number of phenols is 1. The number of nitrogens with zero attached hydrogens (tertiary/aromatic N) is 2. The van der Waals surface area contributed by atoms with Crippen LogP contribution in [-0.4, -0.2) is 63.6 Å². The van der Waals surface area contributed by atoms with E-state index in [1.54, 1.807) is 0 Å². The summed E-state index contributed by atoms with van der Waals surface area (Å²) in [6.07, 6.45) is 10.4. The molecular formula is C32H35N3O3. The number of fused-ring (bicyclic) bond motifs is 4. The Bertz CT molecular complexity index is 1490. The van der Waals surface area contributed by atoms with Crippen molar-refractivity contribution in [2.45, 2.75) is 75.0 Å². The molecule has 2 N–H and O–H groups in total. The summed E-state index contributed by atoms with van der Waals surface area (Å²) in [5, 5.41) is 12.1. The number of carbonyl (C=O) groups is 1. The van der Waals surface area contributed by atoms with Crippen LogP contribution in [0.2, 0.25) is 0 Å². The van der Waals surface area contributed by atoms with E-state index in [1.807, 2.05) is 24.4 Å². The first-order valence-corrected chi connectivity index (χ1v) is 14.7. The largest absolute Gasteiger partial charge is 0.504 e. The summed E-state index contributed by atoms with van der Waals surface area (Å²) in [6.45, 7) is 3.14. The topological polar surface area (TPSA) is 68.8 Å². The standard InChI is InChI=1S/C32H35N3O3/c36-25-8-7-20-15-26-31-10-9-24(30-32(31,28(20)29(25)38-30)12-13-34(26)18-19-5-6-19)35(14-11-31)27(37)16-21-17-33-23-4-2-1-3-22(21)23/h1-4,7-8,17,19,24,26,30,33,36H,5-6,9-16,18H2/t24-,26-,30+,31-,32+/m1/s1. The van der Waals surface area contributed by atoms with E-state index in [4.69, 9.17) is 4.74 Å². The van der Waals surface area contributed by atoms with Crippen LogP contribution in [0.5, 0.6) is 11.5 Å². The van der Waals surface area contributed by atoms with Crippen LogP contribution < -0.4 is 4.74 Å². The number of benzene rings is 2. The molecule has 3 saturated heterocycles. The highest BCUT2D eigenvalue weighted by Crippen LogP contribution is 2.71. The first-order chi connectivity index (χ1) is 18.6. The van der Waals surface area contributed by atoms with Gasteiger partial charge in [0.05, 0.1) is 12.5 Å². The van der Waals surface area contributed by atoms with Crippen molar-refractivity contribution >= 4 is 16.8 Å². The summed E-state index contributed by atoms with van der Waals surface area (Å²) in [5.74, 6) is 2.07. The van der Waals surface area contributed by atoms with E-state index in [-0.39, 0.29) is 34.6 Å². The number of carbonyl (C=O) groups excluding carboxylic acids is 1. The van der Waals surface area contributed by atoms with Crippen LogP contribution in [0, 0.1) is 11.3 Å². The fourth-order valence-electron chi connectivity index (χ4n) is 9.84. The van der Waals surface area contributed by atoms with Crippen LogP contribution in [0.15, 0.2) is 42.6 Å². The highest BCUT2D eigenvalue weighted by Gasteiger charge is 2.74. The summed E-state index contributed by atoms with van der Waals surface area (Å²) < 4.78 is 6.86. The van der Waals surface area contributed by atoms with Crippen molar-refractivity contribution in [3.63, 3.8) is 0 Å². The van der Waals surface area contributed by atoms with Crippen molar-refractivity contribution in [2.24, 2.45) is 11.3 Å². The van der Waals surface area contributed by atoms with Crippen molar-refractivity contribution in [3.8, 4) is 11.5 Å². The number of nitrogens with one attached hydrogen (secondary N) is 1. The number of aromatic nitrogens is 1. The molecule has 0 radical (unpaired) electrons. The minimum atomic E-state index is -0.0991. The maximum Gasteiger partial charge on any atom is 0.227 e. The lowest BCUT2D eigenvalue weighted by Gasteiger charge is -2.66. The molecule has 5 atom stereocenters. The number of amides is 1. The number of ether oxygens (including phenoxy) is 1. The first kappa shape index (κ1) is 21.9. The average molecular weight is 510 g/mol. The second kappa shape index (κ2) is 7.35. The van der Waals surface area contributed by atoms with Gasteiger partial charge >= 0.3 is 0 Å². The number of hydrogen-bond acceptors (Lipinski definition) is 4. The fraction of sp³-hybridized carbons (Fsp3) is 0.531. The predicted octanol–water partition coefficient (Wildman–Crippen LogP) is 4.54. The number of piperidine rings is 1. The molecule has 2 aromatic carbocycles. The van der Waals surface area contributed by atoms with Gasteiger partial charge in [-0.3, -0.25) is 9.69 Å². The van der Waals surface area contributed by atoms with Gasteiger partial charge in [-0.1, -0.05) is 24.3 Å². The van der Waals surface area contributed by atoms with Crippen molar-refractivity contribution < 1.29 is 14.6 Å². The normalized spacial score (nSPS) is 34.7. The van der Waals surface area contributed by atoms with E-state index in [9.17, 15) is 9.90 Å². The van der Waals surface area contributed by atoms with Gasteiger partial charge in [-0.05, 0) is 80.7 Å². The maximum absolute atomic E-state index is 14.1. The number of aromatic amines is 1. The van der Waals surface area contributed by atoms with Gasteiger partial charge in [0, 0.05) is 52.6 Å². The second-order valence-corrected chi connectivity index (χ2v) is 13.0. The summed E-state index contributed by atoms with van der Waals surface area (Å²) >= 11 is 0. The van der Waals surface area contributed by atoms with Crippen LogP contribution in [0.3, 0.4) is 0 Å². The van der Waals surface area contributed by atoms with Crippen LogP contribution in [0.25, 0.3) is 10.9 Å². The molecule has 6 nitrogen and oxygen atoms in total.